The molecule has 1 atom stereocenters. The van der Waals surface area contributed by atoms with E-state index in [9.17, 15) is 13.6 Å². The van der Waals surface area contributed by atoms with Crippen LogP contribution in [-0.4, -0.2) is 42.6 Å². The molecule has 1 aromatic heterocycles. The number of carbonyl (C=O) groups excluding carboxylic acids is 1. The second kappa shape index (κ2) is 9.49. The van der Waals surface area contributed by atoms with E-state index in [1.165, 1.54) is 13.2 Å². The van der Waals surface area contributed by atoms with Crippen LogP contribution in [0.15, 0.2) is 54.7 Å². The molecule has 0 radical (unpaired) electrons. The Hall–Kier alpha value is -3.26. The number of benzene rings is 2. The number of nitrogens with zero attached hydrogens (tertiary/aromatic N) is 2. The average molecular weight is 415 g/mol. The first-order chi connectivity index (χ1) is 14.4. The Bertz CT molecular complexity index is 1020. The van der Waals surface area contributed by atoms with Gasteiger partial charge in [-0.1, -0.05) is 12.1 Å². The van der Waals surface area contributed by atoms with Crippen LogP contribution in [0, 0.1) is 0 Å². The topological polar surface area (TPSA) is 63.7 Å². The van der Waals surface area contributed by atoms with Crippen molar-refractivity contribution < 1.29 is 23.0 Å². The predicted molar refractivity (Wildman–Crippen MR) is 111 cm³/mol. The number of nitrogens with one attached hydrogen (secondary N) is 1. The Kier molecular flexibility index (Phi) is 6.79. The fraction of sp³-hybridized carbons (Fsp3) is 0.273. The van der Waals surface area contributed by atoms with Crippen LogP contribution in [0.4, 0.5) is 14.5 Å². The van der Waals surface area contributed by atoms with Gasteiger partial charge in [0.15, 0.2) is 11.5 Å². The molecule has 0 spiro atoms. The number of anilines is 1. The monoisotopic (exact) mass is 415 g/mol. The van der Waals surface area contributed by atoms with Crippen molar-refractivity contribution in [2.75, 3.05) is 19.5 Å². The molecule has 0 saturated heterocycles. The molecule has 158 valence electrons. The van der Waals surface area contributed by atoms with Gasteiger partial charge < -0.3 is 14.8 Å². The lowest BCUT2D eigenvalue weighted by molar-refractivity contribution is -0.120. The smallest absolute Gasteiger partial charge is 0.387 e. The van der Waals surface area contributed by atoms with Crippen LogP contribution in [0.1, 0.15) is 12.5 Å². The maximum Gasteiger partial charge on any atom is 0.387 e. The number of methoxy groups -OCH3 is 1. The zero-order valence-electron chi connectivity index (χ0n) is 16.9. The lowest BCUT2D eigenvalue weighted by Crippen LogP contribution is -2.39. The van der Waals surface area contributed by atoms with Crippen LogP contribution in [-0.2, 0) is 11.3 Å². The molecule has 2 aromatic carbocycles. The summed E-state index contributed by atoms with van der Waals surface area (Å²) in [5.74, 6) is 0.00860. The number of fused-ring (bicyclic) bond motifs is 1. The van der Waals surface area contributed by atoms with Gasteiger partial charge in [0.2, 0.25) is 5.91 Å². The third-order valence-corrected chi connectivity index (χ3v) is 4.82. The van der Waals surface area contributed by atoms with Crippen LogP contribution in [0.2, 0.25) is 0 Å². The zero-order chi connectivity index (χ0) is 21.7. The van der Waals surface area contributed by atoms with E-state index in [2.05, 4.69) is 15.0 Å². The quantitative estimate of drug-likeness (QED) is 0.594. The van der Waals surface area contributed by atoms with Gasteiger partial charge in [0.05, 0.1) is 24.4 Å². The molecule has 1 N–H and O–H groups in total. The molecule has 0 aliphatic heterocycles. The summed E-state index contributed by atoms with van der Waals surface area (Å²) < 4.78 is 34.5. The normalized spacial score (nSPS) is 12.2. The zero-order valence-corrected chi connectivity index (χ0v) is 16.9. The lowest BCUT2D eigenvalue weighted by atomic mass is 10.1. The van der Waals surface area contributed by atoms with Gasteiger partial charge in [-0.3, -0.25) is 14.7 Å². The van der Waals surface area contributed by atoms with Crippen molar-refractivity contribution >= 4 is 22.5 Å². The third-order valence-electron chi connectivity index (χ3n) is 4.82. The first-order valence-corrected chi connectivity index (χ1v) is 9.35. The Balaban J connectivity index is 1.69. The molecule has 3 rings (SSSR count). The molecular weight excluding hydrogens is 392 g/mol. The Labute approximate surface area is 173 Å². The fourth-order valence-electron chi connectivity index (χ4n) is 3.08. The van der Waals surface area contributed by atoms with Crippen molar-refractivity contribution in [3.05, 3.63) is 60.3 Å². The number of rotatable bonds is 8. The second-order valence-corrected chi connectivity index (χ2v) is 6.82. The summed E-state index contributed by atoms with van der Waals surface area (Å²) in [6, 6.07) is 13.6. The number of aromatic nitrogens is 1. The first kappa shape index (κ1) is 21.4. The number of pyridine rings is 1. The van der Waals surface area contributed by atoms with Crippen LogP contribution in [0.25, 0.3) is 10.9 Å². The Morgan fingerprint density at radius 2 is 1.97 bits per heavy atom. The number of alkyl halides is 2. The summed E-state index contributed by atoms with van der Waals surface area (Å²) in [7, 11) is 3.20. The van der Waals surface area contributed by atoms with Crippen molar-refractivity contribution in [3.63, 3.8) is 0 Å². The number of halogens is 2. The van der Waals surface area contributed by atoms with Crippen LogP contribution in [0.5, 0.6) is 11.5 Å². The van der Waals surface area contributed by atoms with Crippen molar-refractivity contribution in [1.29, 1.82) is 0 Å². The van der Waals surface area contributed by atoms with E-state index in [1.807, 2.05) is 42.3 Å². The molecule has 0 fully saturated rings. The van der Waals surface area contributed by atoms with Gasteiger partial charge in [0.1, 0.15) is 0 Å². The molecule has 1 heterocycles. The Morgan fingerprint density at radius 3 is 2.70 bits per heavy atom. The number of likely N-dealkylation sites (N-methyl/N-ethyl adjacent to an activating group) is 1. The van der Waals surface area contributed by atoms with Gasteiger partial charge in [0.25, 0.3) is 0 Å². The number of hydrogen-bond donors (Lipinski definition) is 1. The molecule has 6 nitrogen and oxygen atoms in total. The van der Waals surface area contributed by atoms with Gasteiger partial charge >= 0.3 is 6.61 Å². The first-order valence-electron chi connectivity index (χ1n) is 9.35. The van der Waals surface area contributed by atoms with Gasteiger partial charge in [0, 0.05) is 18.1 Å². The molecule has 0 saturated carbocycles. The molecule has 0 bridgehead atoms. The number of hydrogen-bond acceptors (Lipinski definition) is 5. The maximum absolute atomic E-state index is 12.8. The van der Waals surface area contributed by atoms with Crippen LogP contribution >= 0.6 is 0 Å². The highest BCUT2D eigenvalue weighted by Crippen LogP contribution is 2.30. The van der Waals surface area contributed by atoms with E-state index in [4.69, 9.17) is 4.74 Å². The number of ether oxygens (including phenoxy) is 2. The van der Waals surface area contributed by atoms with Crippen LogP contribution < -0.4 is 14.8 Å². The lowest BCUT2D eigenvalue weighted by Gasteiger charge is -2.24. The maximum atomic E-state index is 12.8. The molecule has 0 aliphatic carbocycles. The predicted octanol–water partition coefficient (Wildman–Crippen LogP) is 4.30. The molecule has 3 aromatic rings. The van der Waals surface area contributed by atoms with E-state index in [1.54, 1.807) is 25.3 Å². The highest BCUT2D eigenvalue weighted by atomic mass is 19.3. The molecular formula is C22H23F2N3O3. The summed E-state index contributed by atoms with van der Waals surface area (Å²) in [5.41, 5.74) is 2.29. The minimum absolute atomic E-state index is 0.0331. The van der Waals surface area contributed by atoms with Crippen molar-refractivity contribution in [2.24, 2.45) is 0 Å². The third kappa shape index (κ3) is 5.01. The van der Waals surface area contributed by atoms with E-state index in [-0.39, 0.29) is 17.4 Å². The second-order valence-electron chi connectivity index (χ2n) is 6.82. The molecule has 1 unspecified atom stereocenters. The highest BCUT2D eigenvalue weighted by Gasteiger charge is 2.20. The average Bonchev–Trinajstić information content (AvgIpc) is 2.74. The van der Waals surface area contributed by atoms with E-state index in [0.717, 1.165) is 16.5 Å². The number of carbonyl (C=O) groups is 1. The summed E-state index contributed by atoms with van der Waals surface area (Å²) in [6.07, 6.45) is 1.70. The Morgan fingerprint density at radius 1 is 1.17 bits per heavy atom. The van der Waals surface area contributed by atoms with Gasteiger partial charge in [-0.15, -0.1) is 0 Å². The van der Waals surface area contributed by atoms with E-state index >= 15 is 0 Å². The fourth-order valence-corrected chi connectivity index (χ4v) is 3.08. The van der Waals surface area contributed by atoms with Gasteiger partial charge in [-0.05, 0) is 55.9 Å². The standard InChI is InChI=1S/C22H23F2N3O3/c1-14(21(28)26-18-8-4-7-17-16(18)6-5-11-25-17)27(2)13-15-9-10-19(30-22(23)24)20(12-15)29-3/h4-12,14,22H,13H2,1-3H3,(H,26,28). The summed E-state index contributed by atoms with van der Waals surface area (Å²) in [5, 5.41) is 3.82. The molecule has 0 aliphatic rings. The van der Waals surface area contributed by atoms with Crippen molar-refractivity contribution in [3.8, 4) is 11.5 Å². The van der Waals surface area contributed by atoms with Gasteiger partial charge in [-0.25, -0.2) is 0 Å². The van der Waals surface area contributed by atoms with Crippen LogP contribution in [0.3, 0.4) is 0 Å². The number of amides is 1. The van der Waals surface area contributed by atoms with Crippen molar-refractivity contribution in [1.82, 2.24) is 9.88 Å². The van der Waals surface area contributed by atoms with E-state index in [0.29, 0.717) is 12.2 Å². The van der Waals surface area contributed by atoms with Crippen molar-refractivity contribution in [2.45, 2.75) is 26.1 Å². The minimum atomic E-state index is -2.93. The molecule has 30 heavy (non-hydrogen) atoms. The SMILES string of the molecule is COc1cc(CN(C)C(C)C(=O)Nc2cccc3ncccc23)ccc1OC(F)F. The largest absolute Gasteiger partial charge is 0.493 e. The summed E-state index contributed by atoms with van der Waals surface area (Å²) in [6.45, 7) is -0.721. The summed E-state index contributed by atoms with van der Waals surface area (Å²) in [4.78, 5) is 18.9. The molecule has 8 heteroatoms. The molecule has 1 amide bonds. The summed E-state index contributed by atoms with van der Waals surface area (Å²) >= 11 is 0. The van der Waals surface area contributed by atoms with E-state index < -0.39 is 12.7 Å². The highest BCUT2D eigenvalue weighted by molar-refractivity contribution is 6.02. The van der Waals surface area contributed by atoms with Gasteiger partial charge in [-0.2, -0.15) is 8.78 Å². The minimum Gasteiger partial charge on any atom is -0.493 e.